The molecule has 5 heterocycles. The predicted molar refractivity (Wildman–Crippen MR) is 116 cm³/mol. The van der Waals surface area contributed by atoms with Gasteiger partial charge < -0.3 is 19.7 Å². The van der Waals surface area contributed by atoms with Crippen LogP contribution in [-0.4, -0.2) is 78.5 Å². The van der Waals surface area contributed by atoms with E-state index >= 15 is 0 Å². The van der Waals surface area contributed by atoms with Gasteiger partial charge in [-0.25, -0.2) is 9.97 Å². The quantitative estimate of drug-likeness (QED) is 0.724. The highest BCUT2D eigenvalue weighted by molar-refractivity contribution is 5.56. The van der Waals surface area contributed by atoms with Gasteiger partial charge in [0.15, 0.2) is 0 Å². The SMILES string of the molecule is FC(F)(F)c1ccnc(Nc2cc(C3CCOCC3)nc(N3CC(N4CCOCC4)C3)n2)c1. The molecule has 0 saturated carbocycles. The van der Waals surface area contributed by atoms with Crippen LogP contribution in [0.1, 0.15) is 30.0 Å². The molecule has 0 spiro atoms. The van der Waals surface area contributed by atoms with E-state index in [1.165, 1.54) is 0 Å². The molecule has 0 atom stereocenters. The van der Waals surface area contributed by atoms with E-state index in [0.717, 1.165) is 76.3 Å². The van der Waals surface area contributed by atoms with E-state index in [2.05, 4.69) is 25.1 Å². The molecule has 3 aliphatic heterocycles. The van der Waals surface area contributed by atoms with Crippen LogP contribution in [0.25, 0.3) is 0 Å². The molecule has 5 rings (SSSR count). The smallest absolute Gasteiger partial charge is 0.381 e. The molecular weight excluding hydrogens is 437 g/mol. The maximum atomic E-state index is 13.1. The summed E-state index contributed by atoms with van der Waals surface area (Å²) >= 11 is 0. The van der Waals surface area contributed by atoms with E-state index in [1.807, 2.05) is 6.07 Å². The van der Waals surface area contributed by atoms with Crippen molar-refractivity contribution in [2.75, 3.05) is 62.8 Å². The number of hydrogen-bond donors (Lipinski definition) is 1. The summed E-state index contributed by atoms with van der Waals surface area (Å²) in [5, 5.41) is 2.97. The highest BCUT2D eigenvalue weighted by atomic mass is 19.4. The van der Waals surface area contributed by atoms with Gasteiger partial charge in [-0.15, -0.1) is 0 Å². The first kappa shape index (κ1) is 22.3. The first-order valence-corrected chi connectivity index (χ1v) is 11.3. The number of rotatable bonds is 5. The molecule has 0 aromatic carbocycles. The van der Waals surface area contributed by atoms with E-state index in [9.17, 15) is 13.2 Å². The van der Waals surface area contributed by atoms with Gasteiger partial charge in [-0.3, -0.25) is 4.90 Å². The summed E-state index contributed by atoms with van der Waals surface area (Å²) in [6, 6.07) is 4.20. The fourth-order valence-corrected chi connectivity index (χ4v) is 4.46. The summed E-state index contributed by atoms with van der Waals surface area (Å²) in [5.74, 6) is 1.37. The second-order valence-corrected chi connectivity index (χ2v) is 8.62. The highest BCUT2D eigenvalue weighted by Gasteiger charge is 2.35. The van der Waals surface area contributed by atoms with Gasteiger partial charge in [0.2, 0.25) is 5.95 Å². The second-order valence-electron chi connectivity index (χ2n) is 8.62. The summed E-state index contributed by atoms with van der Waals surface area (Å²) < 4.78 is 50.3. The third-order valence-electron chi connectivity index (χ3n) is 6.42. The number of hydrogen-bond acceptors (Lipinski definition) is 8. The molecule has 3 aliphatic rings. The number of pyridine rings is 1. The first-order chi connectivity index (χ1) is 16.0. The molecule has 11 heteroatoms. The van der Waals surface area contributed by atoms with Crippen molar-refractivity contribution in [3.63, 3.8) is 0 Å². The molecule has 0 unspecified atom stereocenters. The normalized spacial score (nSPS) is 21.1. The Bertz CT molecular complexity index is 957. The number of nitrogens with zero attached hydrogens (tertiary/aromatic N) is 5. The monoisotopic (exact) mass is 464 g/mol. The summed E-state index contributed by atoms with van der Waals surface area (Å²) in [7, 11) is 0. The number of ether oxygens (including phenoxy) is 2. The maximum absolute atomic E-state index is 13.1. The number of nitrogens with one attached hydrogen (secondary N) is 1. The van der Waals surface area contributed by atoms with Gasteiger partial charge in [-0.2, -0.15) is 18.2 Å². The van der Waals surface area contributed by atoms with Crippen LogP contribution in [0.4, 0.5) is 30.8 Å². The Balaban J connectivity index is 1.37. The minimum absolute atomic E-state index is 0.0993. The lowest BCUT2D eigenvalue weighted by Crippen LogP contribution is -2.62. The third kappa shape index (κ3) is 5.20. The lowest BCUT2D eigenvalue weighted by Gasteiger charge is -2.46. The minimum atomic E-state index is -4.43. The number of morpholine rings is 1. The standard InChI is InChI=1S/C22H27F3N6O2/c23-22(24,25)16-1-4-26-19(11-16)28-20-12-18(15-2-7-32-8-3-15)27-21(29-20)31-13-17(14-31)30-5-9-33-10-6-30/h1,4,11-12,15,17H,2-3,5-10,13-14H2,(H,26,27,28,29). The van der Waals surface area contributed by atoms with Crippen LogP contribution in [0.3, 0.4) is 0 Å². The Hall–Kier alpha value is -2.50. The van der Waals surface area contributed by atoms with E-state index in [1.54, 1.807) is 0 Å². The van der Waals surface area contributed by atoms with E-state index in [4.69, 9.17) is 14.5 Å². The fourth-order valence-electron chi connectivity index (χ4n) is 4.46. The van der Waals surface area contributed by atoms with Gasteiger partial charge in [0.25, 0.3) is 0 Å². The average Bonchev–Trinajstić information content (AvgIpc) is 2.79. The molecule has 0 aliphatic carbocycles. The van der Waals surface area contributed by atoms with E-state index in [0.29, 0.717) is 31.0 Å². The van der Waals surface area contributed by atoms with Crippen molar-refractivity contribution in [3.8, 4) is 0 Å². The summed E-state index contributed by atoms with van der Waals surface area (Å²) in [6.07, 6.45) is -1.58. The van der Waals surface area contributed by atoms with Crippen molar-refractivity contribution in [3.05, 3.63) is 35.7 Å². The topological polar surface area (TPSA) is 75.6 Å². The van der Waals surface area contributed by atoms with Crippen LogP contribution < -0.4 is 10.2 Å². The summed E-state index contributed by atoms with van der Waals surface area (Å²) in [4.78, 5) is 18.0. The predicted octanol–water partition coefficient (Wildman–Crippen LogP) is 3.05. The zero-order valence-corrected chi connectivity index (χ0v) is 18.2. The Morgan fingerprint density at radius 2 is 1.67 bits per heavy atom. The Kier molecular flexibility index (Phi) is 6.35. The summed E-state index contributed by atoms with van der Waals surface area (Å²) in [5.41, 5.74) is 0.127. The Morgan fingerprint density at radius 1 is 0.939 bits per heavy atom. The van der Waals surface area contributed by atoms with Crippen LogP contribution in [0.5, 0.6) is 0 Å². The Labute approximate surface area is 190 Å². The number of aromatic nitrogens is 3. The molecule has 3 saturated heterocycles. The molecular formula is C22H27F3N6O2. The molecule has 3 fully saturated rings. The molecule has 2 aromatic heterocycles. The van der Waals surface area contributed by atoms with Crippen LogP contribution in [0.2, 0.25) is 0 Å². The van der Waals surface area contributed by atoms with Gasteiger partial charge in [0.05, 0.1) is 24.5 Å². The van der Waals surface area contributed by atoms with Crippen molar-refractivity contribution in [2.45, 2.75) is 31.0 Å². The molecule has 0 radical (unpaired) electrons. The van der Waals surface area contributed by atoms with Gasteiger partial charge >= 0.3 is 6.18 Å². The van der Waals surface area contributed by atoms with Crippen molar-refractivity contribution >= 4 is 17.6 Å². The molecule has 1 N–H and O–H groups in total. The Morgan fingerprint density at radius 3 is 2.39 bits per heavy atom. The van der Waals surface area contributed by atoms with Crippen LogP contribution >= 0.6 is 0 Å². The van der Waals surface area contributed by atoms with Crippen molar-refractivity contribution in [2.24, 2.45) is 0 Å². The van der Waals surface area contributed by atoms with Gasteiger partial charge in [-0.05, 0) is 25.0 Å². The molecule has 178 valence electrons. The minimum Gasteiger partial charge on any atom is -0.381 e. The average molecular weight is 464 g/mol. The molecule has 0 amide bonds. The molecule has 0 bridgehead atoms. The van der Waals surface area contributed by atoms with Gasteiger partial charge in [0, 0.05) is 63.6 Å². The molecule has 33 heavy (non-hydrogen) atoms. The largest absolute Gasteiger partial charge is 0.416 e. The third-order valence-corrected chi connectivity index (χ3v) is 6.42. The first-order valence-electron chi connectivity index (χ1n) is 11.3. The number of anilines is 3. The lowest BCUT2D eigenvalue weighted by molar-refractivity contribution is -0.137. The second kappa shape index (κ2) is 9.40. The zero-order chi connectivity index (χ0) is 22.8. The van der Waals surface area contributed by atoms with Crippen LogP contribution in [0, 0.1) is 0 Å². The van der Waals surface area contributed by atoms with Gasteiger partial charge in [0.1, 0.15) is 11.6 Å². The zero-order valence-electron chi connectivity index (χ0n) is 18.2. The van der Waals surface area contributed by atoms with E-state index < -0.39 is 11.7 Å². The van der Waals surface area contributed by atoms with Crippen LogP contribution in [-0.2, 0) is 15.7 Å². The van der Waals surface area contributed by atoms with Crippen molar-refractivity contribution in [1.29, 1.82) is 0 Å². The number of alkyl halides is 3. The lowest BCUT2D eigenvalue weighted by atomic mass is 9.96. The molecule has 8 nitrogen and oxygen atoms in total. The van der Waals surface area contributed by atoms with Gasteiger partial charge in [-0.1, -0.05) is 0 Å². The van der Waals surface area contributed by atoms with Crippen molar-refractivity contribution < 1.29 is 22.6 Å². The maximum Gasteiger partial charge on any atom is 0.416 e. The molecule has 2 aromatic rings. The highest BCUT2D eigenvalue weighted by Crippen LogP contribution is 2.33. The number of halogens is 3. The van der Waals surface area contributed by atoms with E-state index in [-0.39, 0.29) is 11.7 Å². The summed E-state index contributed by atoms with van der Waals surface area (Å²) in [6.45, 7) is 6.34. The van der Waals surface area contributed by atoms with Crippen molar-refractivity contribution in [1.82, 2.24) is 19.9 Å². The fraction of sp³-hybridized carbons (Fsp3) is 0.591. The van der Waals surface area contributed by atoms with Crippen LogP contribution in [0.15, 0.2) is 24.4 Å².